The lowest BCUT2D eigenvalue weighted by Gasteiger charge is -2.30. The number of aromatic nitrogens is 3. The minimum Gasteiger partial charge on any atom is -0.481 e. The van der Waals surface area contributed by atoms with Crippen LogP contribution in [0.2, 0.25) is 0 Å². The Kier molecular flexibility index (Phi) is 5.43. The number of anilines is 1. The van der Waals surface area contributed by atoms with Crippen molar-refractivity contribution in [2.75, 3.05) is 25.6 Å². The number of fused-ring (bicyclic) bond motifs is 3. The maximum atomic E-state index is 13.6. The minimum atomic E-state index is -0.506. The second kappa shape index (κ2) is 8.39. The van der Waals surface area contributed by atoms with E-state index < -0.39 is 6.10 Å². The lowest BCUT2D eigenvalue weighted by molar-refractivity contribution is 0.0735. The van der Waals surface area contributed by atoms with Crippen LogP contribution in [-0.4, -0.2) is 46.4 Å². The van der Waals surface area contributed by atoms with Gasteiger partial charge in [-0.05, 0) is 36.5 Å². The highest BCUT2D eigenvalue weighted by molar-refractivity contribution is 5.97. The molecule has 3 aromatic rings. The third kappa shape index (κ3) is 3.56. The van der Waals surface area contributed by atoms with Crippen molar-refractivity contribution in [1.29, 1.82) is 0 Å². The van der Waals surface area contributed by atoms with E-state index in [4.69, 9.17) is 9.72 Å². The number of hydrogen-bond donors (Lipinski definition) is 1. The summed E-state index contributed by atoms with van der Waals surface area (Å²) < 4.78 is 6.82. The Bertz CT molecular complexity index is 1230. The summed E-state index contributed by atoms with van der Waals surface area (Å²) in [5.74, 6) is 0.576. The molecule has 1 aliphatic carbocycles. The average Bonchev–Trinajstić information content (AvgIpc) is 2.81. The summed E-state index contributed by atoms with van der Waals surface area (Å²) in [7, 11) is 3.63. The smallest absolute Gasteiger partial charge is 0.261 e. The van der Waals surface area contributed by atoms with Crippen molar-refractivity contribution in [3.05, 3.63) is 63.8 Å². The van der Waals surface area contributed by atoms with Crippen LogP contribution in [0.1, 0.15) is 48.4 Å². The van der Waals surface area contributed by atoms with Gasteiger partial charge in [0.25, 0.3) is 5.56 Å². The summed E-state index contributed by atoms with van der Waals surface area (Å²) in [6.07, 6.45) is 11.4. The zero-order valence-corrected chi connectivity index (χ0v) is 18.5. The van der Waals surface area contributed by atoms with Gasteiger partial charge in [-0.25, -0.2) is 9.97 Å². The first kappa shape index (κ1) is 20.7. The van der Waals surface area contributed by atoms with Gasteiger partial charge in [0.1, 0.15) is 5.52 Å². The van der Waals surface area contributed by atoms with E-state index in [1.807, 2.05) is 31.4 Å². The molecule has 1 N–H and O–H groups in total. The van der Waals surface area contributed by atoms with E-state index in [0.29, 0.717) is 17.7 Å². The van der Waals surface area contributed by atoms with Gasteiger partial charge >= 0.3 is 0 Å². The standard InChI is InChI=1S/C25H28N4O3/c1-28-11-5-6-18-17(12-16-9-10-22(32-2)26-14-16)13-19-23(24(18)28)27-15-29(25(19)31)20-7-3-4-8-21(20)30/h5-6,9-10,13-15,20-21,30H,3-4,7-8,11-12H2,1-2H3/t20-,21-/m0/s1. The molecule has 166 valence electrons. The van der Waals surface area contributed by atoms with Crippen molar-refractivity contribution in [3.8, 4) is 5.88 Å². The summed E-state index contributed by atoms with van der Waals surface area (Å²) in [6, 6.07) is 5.61. The molecule has 1 aromatic carbocycles. The third-order valence-electron chi connectivity index (χ3n) is 6.67. The molecule has 0 saturated heterocycles. The zero-order valence-electron chi connectivity index (χ0n) is 18.5. The molecule has 1 saturated carbocycles. The highest BCUT2D eigenvalue weighted by Gasteiger charge is 2.27. The van der Waals surface area contributed by atoms with Crippen molar-refractivity contribution in [2.24, 2.45) is 0 Å². The Labute approximate surface area is 187 Å². The fourth-order valence-electron chi connectivity index (χ4n) is 4.98. The topological polar surface area (TPSA) is 80.5 Å². The molecule has 2 atom stereocenters. The maximum absolute atomic E-state index is 13.6. The van der Waals surface area contributed by atoms with E-state index in [-0.39, 0.29) is 11.6 Å². The first-order chi connectivity index (χ1) is 15.6. The number of nitrogens with zero attached hydrogens (tertiary/aromatic N) is 4. The molecule has 3 heterocycles. The number of aliphatic hydroxyl groups is 1. The molecule has 1 fully saturated rings. The lowest BCUT2D eigenvalue weighted by atomic mass is 9.92. The van der Waals surface area contributed by atoms with Gasteiger partial charge in [0.05, 0.1) is 36.7 Å². The van der Waals surface area contributed by atoms with E-state index >= 15 is 0 Å². The molecule has 0 amide bonds. The van der Waals surface area contributed by atoms with Crippen LogP contribution >= 0.6 is 0 Å². The Balaban J connectivity index is 1.66. The molecule has 7 nitrogen and oxygen atoms in total. The highest BCUT2D eigenvalue weighted by atomic mass is 16.5. The van der Waals surface area contributed by atoms with Crippen LogP contribution in [0.3, 0.4) is 0 Å². The quantitative estimate of drug-likeness (QED) is 0.681. The van der Waals surface area contributed by atoms with Gasteiger partial charge in [-0.2, -0.15) is 0 Å². The van der Waals surface area contributed by atoms with Gasteiger partial charge in [0, 0.05) is 31.4 Å². The normalized spacial score (nSPS) is 20.4. The number of ether oxygens (including phenoxy) is 1. The number of benzene rings is 1. The van der Waals surface area contributed by atoms with Crippen LogP contribution in [0.25, 0.3) is 17.0 Å². The molecule has 0 spiro atoms. The fraction of sp³-hybridized carbons (Fsp3) is 0.400. The van der Waals surface area contributed by atoms with E-state index in [1.54, 1.807) is 18.0 Å². The summed E-state index contributed by atoms with van der Waals surface area (Å²) in [6.45, 7) is 0.766. The fourth-order valence-corrected chi connectivity index (χ4v) is 4.98. The number of methoxy groups -OCH3 is 1. The van der Waals surface area contributed by atoms with E-state index in [0.717, 1.165) is 60.1 Å². The molecular formula is C25H28N4O3. The molecule has 0 radical (unpaired) electrons. The van der Waals surface area contributed by atoms with Crippen molar-refractivity contribution < 1.29 is 9.84 Å². The Hall–Kier alpha value is -3.19. The molecule has 32 heavy (non-hydrogen) atoms. The number of hydrogen-bond acceptors (Lipinski definition) is 6. The largest absolute Gasteiger partial charge is 0.481 e. The average molecular weight is 433 g/mol. The van der Waals surface area contributed by atoms with Crippen molar-refractivity contribution in [2.45, 2.75) is 44.2 Å². The monoisotopic (exact) mass is 432 g/mol. The molecule has 2 aromatic heterocycles. The molecule has 0 unspecified atom stereocenters. The van der Waals surface area contributed by atoms with E-state index in [2.05, 4.69) is 22.0 Å². The van der Waals surface area contributed by atoms with Gasteiger partial charge in [0.15, 0.2) is 0 Å². The summed E-state index contributed by atoms with van der Waals surface area (Å²) in [5, 5.41) is 11.1. The molecule has 7 heteroatoms. The summed E-state index contributed by atoms with van der Waals surface area (Å²) in [5.41, 5.74) is 4.80. The van der Waals surface area contributed by atoms with Crippen molar-refractivity contribution in [3.63, 3.8) is 0 Å². The van der Waals surface area contributed by atoms with Crippen LogP contribution in [0.5, 0.6) is 5.88 Å². The first-order valence-corrected chi connectivity index (χ1v) is 11.2. The second-order valence-electron chi connectivity index (χ2n) is 8.74. The summed E-state index contributed by atoms with van der Waals surface area (Å²) in [4.78, 5) is 24.8. The van der Waals surface area contributed by atoms with E-state index in [1.165, 1.54) is 0 Å². The van der Waals surface area contributed by atoms with Crippen LogP contribution < -0.4 is 15.2 Å². The first-order valence-electron chi connectivity index (χ1n) is 11.2. The maximum Gasteiger partial charge on any atom is 0.261 e. The van der Waals surface area contributed by atoms with Gasteiger partial charge in [-0.1, -0.05) is 31.1 Å². The van der Waals surface area contributed by atoms with Crippen LogP contribution in [0.4, 0.5) is 5.69 Å². The van der Waals surface area contributed by atoms with Crippen LogP contribution in [0.15, 0.2) is 41.6 Å². The SMILES string of the molecule is COc1ccc(Cc2cc3c(=O)n([C@H]4CCCC[C@@H]4O)cnc3c3c2C=CCN3C)cn1. The summed E-state index contributed by atoms with van der Waals surface area (Å²) >= 11 is 0. The predicted octanol–water partition coefficient (Wildman–Crippen LogP) is 3.33. The van der Waals surface area contributed by atoms with Gasteiger partial charge in [-0.3, -0.25) is 9.36 Å². The Morgan fingerprint density at radius 3 is 2.81 bits per heavy atom. The number of likely N-dealkylation sites (N-methyl/N-ethyl adjacent to an activating group) is 1. The zero-order chi connectivity index (χ0) is 22.2. The molecule has 5 rings (SSSR count). The minimum absolute atomic E-state index is 0.0826. The van der Waals surface area contributed by atoms with E-state index in [9.17, 15) is 9.90 Å². The molecule has 2 aliphatic rings. The second-order valence-corrected chi connectivity index (χ2v) is 8.74. The molecule has 1 aliphatic heterocycles. The Morgan fingerprint density at radius 2 is 2.06 bits per heavy atom. The Morgan fingerprint density at radius 1 is 1.22 bits per heavy atom. The van der Waals surface area contributed by atoms with Crippen molar-refractivity contribution in [1.82, 2.24) is 14.5 Å². The molecule has 0 bridgehead atoms. The van der Waals surface area contributed by atoms with Crippen LogP contribution in [0, 0.1) is 0 Å². The lowest BCUT2D eigenvalue weighted by Crippen LogP contribution is -2.35. The van der Waals surface area contributed by atoms with Crippen LogP contribution in [-0.2, 0) is 6.42 Å². The predicted molar refractivity (Wildman–Crippen MR) is 125 cm³/mol. The number of pyridine rings is 1. The van der Waals surface area contributed by atoms with Gasteiger partial charge < -0.3 is 14.7 Å². The number of aliphatic hydroxyl groups excluding tert-OH is 1. The molecular weight excluding hydrogens is 404 g/mol. The highest BCUT2D eigenvalue weighted by Crippen LogP contribution is 2.36. The third-order valence-corrected chi connectivity index (χ3v) is 6.67. The van der Waals surface area contributed by atoms with Crippen molar-refractivity contribution >= 4 is 22.7 Å². The van der Waals surface area contributed by atoms with Gasteiger partial charge in [0.2, 0.25) is 5.88 Å². The van der Waals surface area contributed by atoms with Gasteiger partial charge in [-0.15, -0.1) is 0 Å². The number of rotatable bonds is 4.